The summed E-state index contributed by atoms with van der Waals surface area (Å²) < 4.78 is 26.6. The molecule has 2 aromatic carbocycles. The molecule has 0 bridgehead atoms. The van der Waals surface area contributed by atoms with Crippen molar-refractivity contribution in [3.8, 4) is 17.1 Å². The molecule has 0 spiro atoms. The average molecular weight is 261 g/mol. The number of aromatic amines is 1. The van der Waals surface area contributed by atoms with Gasteiger partial charge in [0.25, 0.3) is 0 Å². The van der Waals surface area contributed by atoms with Crippen LogP contribution < -0.4 is 5.73 Å². The fourth-order valence-corrected chi connectivity index (χ4v) is 1.85. The maximum atomic E-state index is 13.5. The zero-order chi connectivity index (χ0) is 13.6. The van der Waals surface area contributed by atoms with Crippen LogP contribution in [0.15, 0.2) is 30.3 Å². The van der Waals surface area contributed by atoms with E-state index in [0.717, 1.165) is 6.07 Å². The Morgan fingerprint density at radius 1 is 1.16 bits per heavy atom. The van der Waals surface area contributed by atoms with Crippen molar-refractivity contribution < 1.29 is 13.9 Å². The van der Waals surface area contributed by atoms with Gasteiger partial charge in [-0.2, -0.15) is 0 Å². The summed E-state index contributed by atoms with van der Waals surface area (Å²) in [4.78, 5) is 6.85. The van der Waals surface area contributed by atoms with Crippen LogP contribution in [0.1, 0.15) is 0 Å². The van der Waals surface area contributed by atoms with Gasteiger partial charge in [0.15, 0.2) is 11.6 Å². The first-order valence-electron chi connectivity index (χ1n) is 5.49. The van der Waals surface area contributed by atoms with Crippen LogP contribution in [0, 0.1) is 11.6 Å². The van der Waals surface area contributed by atoms with Crippen molar-refractivity contribution in [1.29, 1.82) is 0 Å². The molecule has 0 radical (unpaired) electrons. The molecule has 3 aromatic rings. The van der Waals surface area contributed by atoms with E-state index in [0.29, 0.717) is 16.9 Å². The van der Waals surface area contributed by atoms with Crippen molar-refractivity contribution in [3.05, 3.63) is 42.0 Å². The number of aromatic nitrogens is 2. The third-order valence-corrected chi connectivity index (χ3v) is 2.85. The minimum atomic E-state index is -1.00. The van der Waals surface area contributed by atoms with Crippen LogP contribution in [0.5, 0.6) is 5.75 Å². The molecule has 1 aromatic heterocycles. The fourth-order valence-electron chi connectivity index (χ4n) is 1.85. The molecule has 3 rings (SSSR count). The Balaban J connectivity index is 2.20. The van der Waals surface area contributed by atoms with Crippen molar-refractivity contribution in [3.63, 3.8) is 0 Å². The van der Waals surface area contributed by atoms with Crippen LogP contribution in [0.25, 0.3) is 22.4 Å². The molecule has 4 N–H and O–H groups in total. The molecule has 96 valence electrons. The van der Waals surface area contributed by atoms with E-state index in [1.54, 1.807) is 6.07 Å². The lowest BCUT2D eigenvalue weighted by Gasteiger charge is -2.00. The molecule has 1 heterocycles. The van der Waals surface area contributed by atoms with Crippen molar-refractivity contribution in [2.45, 2.75) is 0 Å². The lowest BCUT2D eigenvalue weighted by molar-refractivity contribution is 0.478. The molecule has 0 amide bonds. The summed E-state index contributed by atoms with van der Waals surface area (Å²) in [5, 5.41) is 9.53. The zero-order valence-corrected chi connectivity index (χ0v) is 9.61. The number of fused-ring (bicyclic) bond motifs is 1. The Morgan fingerprint density at radius 2 is 1.95 bits per heavy atom. The lowest BCUT2D eigenvalue weighted by atomic mass is 10.2. The van der Waals surface area contributed by atoms with Crippen molar-refractivity contribution in [1.82, 2.24) is 9.97 Å². The number of nitrogens with zero attached hydrogens (tertiary/aromatic N) is 1. The van der Waals surface area contributed by atoms with Crippen LogP contribution in [-0.4, -0.2) is 15.1 Å². The maximum absolute atomic E-state index is 13.5. The molecule has 0 saturated heterocycles. The van der Waals surface area contributed by atoms with Crippen LogP contribution in [0.4, 0.5) is 14.5 Å². The third kappa shape index (κ3) is 1.77. The van der Waals surface area contributed by atoms with Crippen molar-refractivity contribution in [2.24, 2.45) is 0 Å². The van der Waals surface area contributed by atoms with E-state index >= 15 is 0 Å². The van der Waals surface area contributed by atoms with Gasteiger partial charge < -0.3 is 15.8 Å². The van der Waals surface area contributed by atoms with Gasteiger partial charge in [0.1, 0.15) is 17.1 Å². The molecule has 0 aliphatic rings. The fraction of sp³-hybridized carbons (Fsp3) is 0. The van der Waals surface area contributed by atoms with Gasteiger partial charge in [-0.1, -0.05) is 0 Å². The molecule has 0 unspecified atom stereocenters. The quantitative estimate of drug-likeness (QED) is 0.465. The van der Waals surface area contributed by atoms with Crippen LogP contribution in [0.3, 0.4) is 0 Å². The Bertz CT molecular complexity index is 783. The SMILES string of the molecule is Nc1ccc(-c2nc3c(F)c(F)ccc3[nH]2)cc1O. The van der Waals surface area contributed by atoms with Crippen LogP contribution >= 0.6 is 0 Å². The molecule has 19 heavy (non-hydrogen) atoms. The summed E-state index contributed by atoms with van der Waals surface area (Å²) >= 11 is 0. The van der Waals surface area contributed by atoms with Gasteiger partial charge in [-0.15, -0.1) is 0 Å². The number of anilines is 1. The Hall–Kier alpha value is -2.63. The highest BCUT2D eigenvalue weighted by atomic mass is 19.2. The molecule has 6 heteroatoms. The number of H-pyrrole nitrogens is 1. The van der Waals surface area contributed by atoms with Gasteiger partial charge in [-0.25, -0.2) is 13.8 Å². The second-order valence-electron chi connectivity index (χ2n) is 4.12. The Morgan fingerprint density at radius 3 is 2.68 bits per heavy atom. The van der Waals surface area contributed by atoms with E-state index in [1.165, 1.54) is 18.2 Å². The largest absolute Gasteiger partial charge is 0.506 e. The molecule has 4 nitrogen and oxygen atoms in total. The van der Waals surface area contributed by atoms with Crippen molar-refractivity contribution in [2.75, 3.05) is 5.73 Å². The zero-order valence-electron chi connectivity index (χ0n) is 9.61. The van der Waals surface area contributed by atoms with Gasteiger partial charge in [0.2, 0.25) is 0 Å². The molecular formula is C13H9F2N3O. The second-order valence-corrected chi connectivity index (χ2v) is 4.12. The number of hydrogen-bond donors (Lipinski definition) is 3. The van der Waals surface area contributed by atoms with E-state index in [2.05, 4.69) is 9.97 Å². The second kappa shape index (κ2) is 3.94. The minimum absolute atomic E-state index is 0.0775. The first-order valence-corrected chi connectivity index (χ1v) is 5.49. The molecular weight excluding hydrogens is 252 g/mol. The Kier molecular flexibility index (Phi) is 2.38. The highest BCUT2D eigenvalue weighted by molar-refractivity contribution is 5.80. The summed E-state index contributed by atoms with van der Waals surface area (Å²) in [6, 6.07) is 6.97. The third-order valence-electron chi connectivity index (χ3n) is 2.85. The van der Waals surface area contributed by atoms with E-state index in [-0.39, 0.29) is 17.0 Å². The lowest BCUT2D eigenvalue weighted by Crippen LogP contribution is -1.87. The van der Waals surface area contributed by atoms with Crippen molar-refractivity contribution >= 4 is 16.7 Å². The number of nitrogens with two attached hydrogens (primary N) is 1. The number of aromatic hydroxyl groups is 1. The monoisotopic (exact) mass is 261 g/mol. The number of benzene rings is 2. The van der Waals surface area contributed by atoms with E-state index < -0.39 is 11.6 Å². The molecule has 0 atom stereocenters. The average Bonchev–Trinajstić information content (AvgIpc) is 2.82. The van der Waals surface area contributed by atoms with E-state index in [4.69, 9.17) is 5.73 Å². The first-order chi connectivity index (χ1) is 9.06. The maximum Gasteiger partial charge on any atom is 0.186 e. The number of halogens is 2. The molecule has 0 aliphatic heterocycles. The first kappa shape index (κ1) is 11.5. The summed E-state index contributed by atoms with van der Waals surface area (Å²) in [5.74, 6) is -1.72. The molecule has 0 aliphatic carbocycles. The standard InChI is InChI=1S/C13H9F2N3O/c14-7-2-4-9-12(11(7)15)18-13(17-9)6-1-3-8(16)10(19)5-6/h1-5,19H,16H2,(H,17,18). The minimum Gasteiger partial charge on any atom is -0.506 e. The Labute approximate surface area is 106 Å². The van der Waals surface area contributed by atoms with E-state index in [9.17, 15) is 13.9 Å². The number of phenols is 1. The van der Waals surface area contributed by atoms with Crippen LogP contribution in [-0.2, 0) is 0 Å². The highest BCUT2D eigenvalue weighted by Crippen LogP contribution is 2.28. The predicted molar refractivity (Wildman–Crippen MR) is 67.5 cm³/mol. The normalized spacial score (nSPS) is 11.1. The number of nitrogen functional groups attached to an aromatic ring is 1. The predicted octanol–water partition coefficient (Wildman–Crippen LogP) is 2.80. The number of hydrogen-bond acceptors (Lipinski definition) is 3. The number of phenolic OH excluding ortho intramolecular Hbond substituents is 1. The molecule has 0 fully saturated rings. The van der Waals surface area contributed by atoms with Gasteiger partial charge in [-0.3, -0.25) is 0 Å². The van der Waals surface area contributed by atoms with Gasteiger partial charge in [-0.05, 0) is 30.3 Å². The molecule has 0 saturated carbocycles. The number of imidazole rings is 1. The topological polar surface area (TPSA) is 74.9 Å². The number of nitrogens with one attached hydrogen (secondary N) is 1. The summed E-state index contributed by atoms with van der Waals surface area (Å²) in [5.41, 5.74) is 6.56. The van der Waals surface area contributed by atoms with Crippen LogP contribution in [0.2, 0.25) is 0 Å². The van der Waals surface area contributed by atoms with Gasteiger partial charge in [0, 0.05) is 5.56 Å². The van der Waals surface area contributed by atoms with E-state index in [1.807, 2.05) is 0 Å². The van der Waals surface area contributed by atoms with Gasteiger partial charge in [0.05, 0.1) is 11.2 Å². The summed E-state index contributed by atoms with van der Waals surface area (Å²) in [6.45, 7) is 0. The van der Waals surface area contributed by atoms with Gasteiger partial charge >= 0.3 is 0 Å². The number of rotatable bonds is 1. The highest BCUT2D eigenvalue weighted by Gasteiger charge is 2.13. The summed E-state index contributed by atoms with van der Waals surface area (Å²) in [7, 11) is 0. The summed E-state index contributed by atoms with van der Waals surface area (Å²) in [6.07, 6.45) is 0. The smallest absolute Gasteiger partial charge is 0.186 e.